The molecule has 0 radical (unpaired) electrons. The Labute approximate surface area is 185 Å². The monoisotopic (exact) mass is 430 g/mol. The highest BCUT2D eigenvalue weighted by atomic mass is 16.2. The van der Waals surface area contributed by atoms with Crippen LogP contribution < -0.4 is 21.8 Å². The maximum atomic E-state index is 12.8. The van der Waals surface area contributed by atoms with E-state index in [0.717, 1.165) is 24.2 Å². The van der Waals surface area contributed by atoms with Gasteiger partial charge in [0.2, 0.25) is 0 Å². The summed E-state index contributed by atoms with van der Waals surface area (Å²) >= 11 is 0. The molecule has 7 nitrogen and oxygen atoms in total. The van der Waals surface area contributed by atoms with Crippen molar-refractivity contribution in [1.29, 1.82) is 0 Å². The van der Waals surface area contributed by atoms with Gasteiger partial charge in [0.1, 0.15) is 10.7 Å². The SMILES string of the molecule is CN1CCN(C(=O)c2ccc(C=c3[nH]c(=O)c(=Cc4ccccc4)n(C)c3=O)cc2)CC1. The summed E-state index contributed by atoms with van der Waals surface area (Å²) < 4.78 is 1.35. The van der Waals surface area contributed by atoms with E-state index >= 15 is 0 Å². The van der Waals surface area contributed by atoms with Gasteiger partial charge in [-0.1, -0.05) is 42.5 Å². The van der Waals surface area contributed by atoms with Crippen LogP contribution in [0.4, 0.5) is 0 Å². The van der Waals surface area contributed by atoms with Gasteiger partial charge in [0, 0.05) is 38.8 Å². The van der Waals surface area contributed by atoms with Crippen molar-refractivity contribution in [3.63, 3.8) is 0 Å². The van der Waals surface area contributed by atoms with Crippen LogP contribution in [0.2, 0.25) is 0 Å². The number of nitrogens with zero attached hydrogens (tertiary/aromatic N) is 3. The van der Waals surface area contributed by atoms with E-state index in [1.165, 1.54) is 4.57 Å². The van der Waals surface area contributed by atoms with E-state index in [4.69, 9.17) is 0 Å². The summed E-state index contributed by atoms with van der Waals surface area (Å²) in [6, 6.07) is 16.5. The number of piperazine rings is 1. The lowest BCUT2D eigenvalue weighted by molar-refractivity contribution is 0.0664. The summed E-state index contributed by atoms with van der Waals surface area (Å²) in [5.41, 5.74) is 1.53. The van der Waals surface area contributed by atoms with Gasteiger partial charge < -0.3 is 19.4 Å². The topological polar surface area (TPSA) is 78.4 Å². The molecule has 1 saturated heterocycles. The Morgan fingerprint density at radius 1 is 0.844 bits per heavy atom. The molecular formula is C25H26N4O3. The van der Waals surface area contributed by atoms with Gasteiger partial charge in [-0.2, -0.15) is 0 Å². The van der Waals surface area contributed by atoms with Crippen molar-refractivity contribution in [1.82, 2.24) is 19.4 Å². The standard InChI is InChI=1S/C25H26N4O3/c1-27-12-14-29(15-13-27)24(31)20-10-8-19(9-11-20)16-21-25(32)28(2)22(23(30)26-21)17-18-6-4-3-5-7-18/h3-11,16-17H,12-15H2,1-2H3,(H,26,30). The van der Waals surface area contributed by atoms with Gasteiger partial charge in [-0.05, 0) is 42.5 Å². The molecule has 1 aliphatic heterocycles. The Morgan fingerprint density at radius 3 is 2.12 bits per heavy atom. The Kier molecular flexibility index (Phi) is 6.18. The molecule has 4 rings (SSSR count). The molecule has 1 fully saturated rings. The third-order valence-electron chi connectivity index (χ3n) is 5.74. The highest BCUT2D eigenvalue weighted by Crippen LogP contribution is 2.10. The predicted molar refractivity (Wildman–Crippen MR) is 125 cm³/mol. The quantitative estimate of drug-likeness (QED) is 0.640. The summed E-state index contributed by atoms with van der Waals surface area (Å²) in [6.45, 7) is 3.16. The lowest BCUT2D eigenvalue weighted by Crippen LogP contribution is -2.52. The van der Waals surface area contributed by atoms with Gasteiger partial charge in [-0.25, -0.2) is 0 Å². The summed E-state index contributed by atoms with van der Waals surface area (Å²) in [6.07, 6.45) is 3.31. The number of rotatable bonds is 3. The summed E-state index contributed by atoms with van der Waals surface area (Å²) in [7, 11) is 3.63. The van der Waals surface area contributed by atoms with Crippen LogP contribution in [-0.4, -0.2) is 58.5 Å². The molecule has 164 valence electrons. The molecule has 32 heavy (non-hydrogen) atoms. The molecule has 2 aromatic carbocycles. The van der Waals surface area contributed by atoms with Crippen LogP contribution in [0.25, 0.3) is 12.2 Å². The Hall–Kier alpha value is -3.71. The van der Waals surface area contributed by atoms with E-state index in [9.17, 15) is 14.4 Å². The van der Waals surface area contributed by atoms with Gasteiger partial charge in [0.15, 0.2) is 0 Å². The van der Waals surface area contributed by atoms with Crippen LogP contribution in [0.15, 0.2) is 64.2 Å². The zero-order valence-corrected chi connectivity index (χ0v) is 18.2. The second-order valence-electron chi connectivity index (χ2n) is 8.03. The Bertz CT molecular complexity index is 1350. The first kappa shape index (κ1) is 21.5. The van der Waals surface area contributed by atoms with Crippen LogP contribution >= 0.6 is 0 Å². The highest BCUT2D eigenvalue weighted by molar-refractivity contribution is 5.94. The first-order valence-corrected chi connectivity index (χ1v) is 10.6. The first-order chi connectivity index (χ1) is 15.4. The maximum absolute atomic E-state index is 12.8. The molecule has 1 N–H and O–H groups in total. The minimum atomic E-state index is -0.343. The average Bonchev–Trinajstić information content (AvgIpc) is 2.81. The third-order valence-corrected chi connectivity index (χ3v) is 5.74. The van der Waals surface area contributed by atoms with Gasteiger partial charge in [-0.3, -0.25) is 14.4 Å². The zero-order chi connectivity index (χ0) is 22.7. The zero-order valence-electron chi connectivity index (χ0n) is 18.2. The number of carbonyl (C=O) groups is 1. The average molecular weight is 431 g/mol. The fourth-order valence-corrected chi connectivity index (χ4v) is 3.73. The largest absolute Gasteiger partial charge is 0.336 e. The minimum Gasteiger partial charge on any atom is -0.336 e. The maximum Gasteiger partial charge on any atom is 0.274 e. The van der Waals surface area contributed by atoms with Crippen molar-refractivity contribution in [3.8, 4) is 0 Å². The highest BCUT2D eigenvalue weighted by Gasteiger charge is 2.20. The molecule has 2 heterocycles. The smallest absolute Gasteiger partial charge is 0.274 e. The summed E-state index contributed by atoms with van der Waals surface area (Å²) in [5.74, 6) is 0.00905. The van der Waals surface area contributed by atoms with Crippen LogP contribution in [0.5, 0.6) is 0 Å². The molecule has 0 bridgehead atoms. The second kappa shape index (κ2) is 9.20. The predicted octanol–water partition coefficient (Wildman–Crippen LogP) is 0.119. The number of hydrogen-bond acceptors (Lipinski definition) is 4. The van der Waals surface area contributed by atoms with Crippen molar-refractivity contribution >= 4 is 18.1 Å². The summed E-state index contributed by atoms with van der Waals surface area (Å²) in [5, 5.41) is 0.479. The van der Waals surface area contributed by atoms with Crippen molar-refractivity contribution in [2.75, 3.05) is 33.2 Å². The normalized spacial score (nSPS) is 15.9. The lowest BCUT2D eigenvalue weighted by Gasteiger charge is -2.32. The molecule has 1 aliphatic rings. The minimum absolute atomic E-state index is 0.00905. The number of carbonyl (C=O) groups excluding carboxylic acids is 1. The van der Waals surface area contributed by atoms with Gasteiger partial charge in [0.25, 0.3) is 17.0 Å². The van der Waals surface area contributed by atoms with Crippen molar-refractivity contribution < 1.29 is 4.79 Å². The molecule has 0 unspecified atom stereocenters. The van der Waals surface area contributed by atoms with Gasteiger partial charge >= 0.3 is 0 Å². The number of H-pyrrole nitrogens is 1. The molecule has 3 aromatic rings. The van der Waals surface area contributed by atoms with E-state index in [2.05, 4.69) is 9.88 Å². The van der Waals surface area contributed by atoms with Crippen molar-refractivity contribution in [2.24, 2.45) is 7.05 Å². The van der Waals surface area contributed by atoms with Gasteiger partial charge in [0.05, 0.1) is 0 Å². The molecule has 0 saturated carbocycles. The second-order valence-corrected chi connectivity index (χ2v) is 8.03. The van der Waals surface area contributed by atoms with Crippen molar-refractivity contribution in [3.05, 3.63) is 103 Å². The molecule has 1 aromatic heterocycles. The number of likely N-dealkylation sites (N-methyl/N-ethyl adjacent to an activating group) is 1. The van der Waals surface area contributed by atoms with E-state index in [1.807, 2.05) is 42.3 Å². The number of nitrogens with one attached hydrogen (secondary N) is 1. The molecule has 0 spiro atoms. The number of aromatic amines is 1. The fraction of sp³-hybridized carbons (Fsp3) is 0.240. The van der Waals surface area contributed by atoms with Crippen LogP contribution in [0.3, 0.4) is 0 Å². The molecule has 0 atom stereocenters. The number of amides is 1. The van der Waals surface area contributed by atoms with Gasteiger partial charge in [-0.15, -0.1) is 0 Å². The number of hydrogen-bond donors (Lipinski definition) is 1. The van der Waals surface area contributed by atoms with Crippen LogP contribution in [0, 0.1) is 0 Å². The van der Waals surface area contributed by atoms with Crippen molar-refractivity contribution in [2.45, 2.75) is 0 Å². The molecule has 1 amide bonds. The summed E-state index contributed by atoms with van der Waals surface area (Å²) in [4.78, 5) is 44.9. The lowest BCUT2D eigenvalue weighted by atomic mass is 10.1. The first-order valence-electron chi connectivity index (χ1n) is 10.6. The molecule has 7 heteroatoms. The number of benzene rings is 2. The Morgan fingerprint density at radius 2 is 1.47 bits per heavy atom. The third kappa shape index (κ3) is 4.63. The van der Waals surface area contributed by atoms with E-state index < -0.39 is 0 Å². The van der Waals surface area contributed by atoms with E-state index in [1.54, 1.807) is 43.5 Å². The fourth-order valence-electron chi connectivity index (χ4n) is 3.73. The molecule has 0 aliphatic carbocycles. The van der Waals surface area contributed by atoms with Crippen LogP contribution in [0.1, 0.15) is 21.5 Å². The number of aromatic nitrogens is 2. The van der Waals surface area contributed by atoms with E-state index in [-0.39, 0.29) is 27.7 Å². The van der Waals surface area contributed by atoms with Crippen LogP contribution in [-0.2, 0) is 7.05 Å². The Balaban J connectivity index is 1.63. The molecular weight excluding hydrogens is 404 g/mol. The van der Waals surface area contributed by atoms with E-state index in [0.29, 0.717) is 18.7 Å².